The molecule has 30 heavy (non-hydrogen) atoms. The van der Waals surface area contributed by atoms with Crippen LogP contribution in [-0.4, -0.2) is 38.6 Å². The van der Waals surface area contributed by atoms with E-state index in [9.17, 15) is 22.4 Å². The van der Waals surface area contributed by atoms with Crippen LogP contribution in [0.15, 0.2) is 41.2 Å². The highest BCUT2D eigenvalue weighted by Gasteiger charge is 2.38. The molecule has 0 bridgehead atoms. The van der Waals surface area contributed by atoms with Gasteiger partial charge in [0.15, 0.2) is 0 Å². The third-order valence-corrected chi connectivity index (χ3v) is 4.61. The zero-order valence-electron chi connectivity index (χ0n) is 15.5. The van der Waals surface area contributed by atoms with Gasteiger partial charge in [-0.1, -0.05) is 5.16 Å². The summed E-state index contributed by atoms with van der Waals surface area (Å²) < 4.78 is 62.8. The maximum atomic E-state index is 14.9. The number of ether oxygens (including phenoxy) is 1. The van der Waals surface area contributed by atoms with Gasteiger partial charge in [0.05, 0.1) is 12.6 Å². The Morgan fingerprint density at radius 2 is 1.97 bits per heavy atom. The Morgan fingerprint density at radius 3 is 2.63 bits per heavy atom. The van der Waals surface area contributed by atoms with E-state index in [2.05, 4.69) is 19.6 Å². The maximum Gasteiger partial charge on any atom is 0.471 e. The van der Waals surface area contributed by atoms with E-state index >= 15 is 0 Å². The van der Waals surface area contributed by atoms with Crippen molar-refractivity contribution in [3.05, 3.63) is 59.5 Å². The lowest BCUT2D eigenvalue weighted by Gasteiger charge is -2.26. The minimum Gasteiger partial charge on any atom is -0.491 e. The van der Waals surface area contributed by atoms with Crippen LogP contribution < -0.4 is 4.74 Å². The third-order valence-electron chi connectivity index (χ3n) is 4.61. The summed E-state index contributed by atoms with van der Waals surface area (Å²) in [4.78, 5) is 21.4. The van der Waals surface area contributed by atoms with Crippen LogP contribution in [0.2, 0.25) is 0 Å². The van der Waals surface area contributed by atoms with E-state index in [4.69, 9.17) is 4.74 Å². The van der Waals surface area contributed by atoms with Crippen LogP contribution in [0.4, 0.5) is 17.6 Å². The van der Waals surface area contributed by atoms with Gasteiger partial charge in [-0.05, 0) is 31.2 Å². The quantitative estimate of drug-likeness (QED) is 0.586. The summed E-state index contributed by atoms with van der Waals surface area (Å²) in [6.45, 7) is 1.73. The number of alkyl halides is 3. The summed E-state index contributed by atoms with van der Waals surface area (Å²) in [6.07, 6.45) is -1.85. The number of pyridine rings is 1. The van der Waals surface area contributed by atoms with Crippen molar-refractivity contribution in [2.75, 3.05) is 6.61 Å². The first-order chi connectivity index (χ1) is 14.2. The Kier molecular flexibility index (Phi) is 4.88. The minimum atomic E-state index is -4.81. The van der Waals surface area contributed by atoms with Gasteiger partial charge in [-0.25, -0.2) is 4.39 Å². The van der Waals surface area contributed by atoms with Crippen molar-refractivity contribution in [1.82, 2.24) is 20.0 Å². The first-order valence-corrected chi connectivity index (χ1v) is 8.81. The normalized spacial score (nSPS) is 16.6. The molecule has 1 amide bonds. The molecule has 0 unspecified atom stereocenters. The van der Waals surface area contributed by atoms with E-state index in [0.29, 0.717) is 5.56 Å². The Morgan fingerprint density at radius 1 is 1.23 bits per heavy atom. The predicted octanol–water partition coefficient (Wildman–Crippen LogP) is 3.71. The summed E-state index contributed by atoms with van der Waals surface area (Å²) in [5, 5.41) is 3.27. The van der Waals surface area contributed by atoms with Crippen LogP contribution in [0.5, 0.6) is 5.75 Å². The average molecular weight is 422 g/mol. The fourth-order valence-electron chi connectivity index (χ4n) is 3.04. The number of halogens is 4. The molecule has 2 aromatic heterocycles. The minimum absolute atomic E-state index is 0.0351. The van der Waals surface area contributed by atoms with E-state index in [1.807, 2.05) is 0 Å². The molecule has 1 atom stereocenters. The van der Waals surface area contributed by atoms with Crippen molar-refractivity contribution in [3.8, 4) is 17.1 Å². The van der Waals surface area contributed by atoms with Crippen LogP contribution in [0.25, 0.3) is 11.4 Å². The zero-order chi connectivity index (χ0) is 21.5. The topological polar surface area (TPSA) is 81.4 Å². The Balaban J connectivity index is 1.67. The van der Waals surface area contributed by atoms with Gasteiger partial charge in [-0.3, -0.25) is 9.78 Å². The van der Waals surface area contributed by atoms with Gasteiger partial charge in [0.2, 0.25) is 5.82 Å². The summed E-state index contributed by atoms with van der Waals surface area (Å²) in [6, 6.07) is 5.03. The lowest BCUT2D eigenvalue weighted by atomic mass is 10.1. The molecular weight excluding hydrogens is 408 g/mol. The van der Waals surface area contributed by atoms with Crippen molar-refractivity contribution < 1.29 is 31.6 Å². The van der Waals surface area contributed by atoms with Gasteiger partial charge >= 0.3 is 12.1 Å². The largest absolute Gasteiger partial charge is 0.491 e. The fraction of sp³-hybridized carbons (Fsp3) is 0.263. The number of hydrogen-bond donors (Lipinski definition) is 0. The number of amides is 1. The molecule has 1 aliphatic rings. The standard InChI is InChI=1S/C19H14F4N4O3/c1-10-9-29-15-7-12(16-25-18(30-26-16)19(21,22)23)6-14(20)13(15)8-27(10)17(28)11-2-4-24-5-3-11/h2-7,10H,8-9H2,1H3/t10-/m0/s1. The van der Waals surface area contributed by atoms with Crippen molar-refractivity contribution in [2.24, 2.45) is 0 Å². The summed E-state index contributed by atoms with van der Waals surface area (Å²) in [5.41, 5.74) is 0.459. The van der Waals surface area contributed by atoms with E-state index < -0.39 is 23.7 Å². The molecule has 3 aromatic rings. The van der Waals surface area contributed by atoms with Crippen molar-refractivity contribution in [1.29, 1.82) is 0 Å². The molecule has 11 heteroatoms. The molecular formula is C19H14F4N4O3. The number of hydrogen-bond acceptors (Lipinski definition) is 6. The molecule has 0 N–H and O–H groups in total. The number of fused-ring (bicyclic) bond motifs is 1. The predicted molar refractivity (Wildman–Crippen MR) is 93.8 cm³/mol. The number of aromatic nitrogens is 3. The molecule has 7 nitrogen and oxygen atoms in total. The lowest BCUT2D eigenvalue weighted by Crippen LogP contribution is -2.40. The van der Waals surface area contributed by atoms with Crippen LogP contribution >= 0.6 is 0 Å². The first kappa shape index (κ1) is 19.8. The van der Waals surface area contributed by atoms with E-state index in [1.54, 1.807) is 19.1 Å². The highest BCUT2D eigenvalue weighted by molar-refractivity contribution is 5.94. The van der Waals surface area contributed by atoms with Gasteiger partial charge in [0.25, 0.3) is 5.91 Å². The second-order valence-electron chi connectivity index (χ2n) is 6.68. The highest BCUT2D eigenvalue weighted by atomic mass is 19.4. The Labute approximate surface area is 167 Å². The van der Waals surface area contributed by atoms with Crippen molar-refractivity contribution in [3.63, 3.8) is 0 Å². The monoisotopic (exact) mass is 422 g/mol. The molecule has 0 radical (unpaired) electrons. The zero-order valence-corrected chi connectivity index (χ0v) is 15.5. The molecule has 0 spiro atoms. The van der Waals surface area contributed by atoms with Gasteiger partial charge in [-0.15, -0.1) is 0 Å². The number of carbonyl (C=O) groups excluding carboxylic acids is 1. The van der Waals surface area contributed by atoms with E-state index in [0.717, 1.165) is 6.07 Å². The van der Waals surface area contributed by atoms with Crippen LogP contribution in [0, 0.1) is 5.82 Å². The molecule has 1 aromatic carbocycles. The molecule has 1 aliphatic heterocycles. The summed E-state index contributed by atoms with van der Waals surface area (Å²) >= 11 is 0. The molecule has 0 fully saturated rings. The van der Waals surface area contributed by atoms with E-state index in [1.165, 1.54) is 23.4 Å². The Bertz CT molecular complexity index is 1090. The highest BCUT2D eigenvalue weighted by Crippen LogP contribution is 2.34. The van der Waals surface area contributed by atoms with Crippen LogP contribution in [-0.2, 0) is 12.7 Å². The van der Waals surface area contributed by atoms with E-state index in [-0.39, 0.29) is 42.0 Å². The lowest BCUT2D eigenvalue weighted by molar-refractivity contribution is -0.159. The summed E-state index contributed by atoms with van der Waals surface area (Å²) in [5.74, 6) is -2.94. The number of benzene rings is 1. The van der Waals surface area contributed by atoms with Crippen molar-refractivity contribution in [2.45, 2.75) is 25.7 Å². The number of carbonyl (C=O) groups is 1. The number of rotatable bonds is 2. The second kappa shape index (κ2) is 7.39. The first-order valence-electron chi connectivity index (χ1n) is 8.81. The molecule has 0 saturated carbocycles. The maximum absolute atomic E-state index is 14.9. The smallest absolute Gasteiger partial charge is 0.471 e. The van der Waals surface area contributed by atoms with Gasteiger partial charge < -0.3 is 14.2 Å². The van der Waals surface area contributed by atoms with Gasteiger partial charge in [-0.2, -0.15) is 18.2 Å². The average Bonchev–Trinajstić information content (AvgIpc) is 3.16. The fourth-order valence-corrected chi connectivity index (χ4v) is 3.04. The van der Waals surface area contributed by atoms with Gasteiger partial charge in [0, 0.05) is 29.1 Å². The molecule has 4 rings (SSSR count). The van der Waals surface area contributed by atoms with Crippen LogP contribution in [0.3, 0.4) is 0 Å². The summed E-state index contributed by atoms with van der Waals surface area (Å²) in [7, 11) is 0. The second-order valence-corrected chi connectivity index (χ2v) is 6.68. The van der Waals surface area contributed by atoms with Gasteiger partial charge in [0.1, 0.15) is 18.2 Å². The number of nitrogens with zero attached hydrogens (tertiary/aromatic N) is 4. The molecule has 0 aliphatic carbocycles. The molecule has 0 saturated heterocycles. The molecule has 3 heterocycles. The van der Waals surface area contributed by atoms with Crippen molar-refractivity contribution >= 4 is 5.91 Å². The Hall–Kier alpha value is -3.50. The third kappa shape index (κ3) is 3.70. The van der Waals surface area contributed by atoms with Crippen LogP contribution in [0.1, 0.15) is 28.7 Å². The molecule has 156 valence electrons. The SMILES string of the molecule is C[C@H]1COc2cc(-c3noc(C(F)(F)F)n3)cc(F)c2CN1C(=O)c1ccncc1.